The van der Waals surface area contributed by atoms with E-state index >= 15 is 0 Å². The second kappa shape index (κ2) is 9.50. The summed E-state index contributed by atoms with van der Waals surface area (Å²) in [5.74, 6) is -0.914. The van der Waals surface area contributed by atoms with Crippen molar-refractivity contribution < 1.29 is 19.2 Å². The van der Waals surface area contributed by atoms with E-state index in [0.29, 0.717) is 18.7 Å². The molecule has 1 aliphatic rings. The lowest BCUT2D eigenvalue weighted by Gasteiger charge is -2.36. The van der Waals surface area contributed by atoms with Gasteiger partial charge in [-0.25, -0.2) is 4.79 Å². The highest BCUT2D eigenvalue weighted by atomic mass is 16.6. The summed E-state index contributed by atoms with van der Waals surface area (Å²) in [7, 11) is 0. The van der Waals surface area contributed by atoms with Gasteiger partial charge in [0.05, 0.1) is 4.92 Å². The van der Waals surface area contributed by atoms with Crippen molar-refractivity contribution in [2.75, 3.05) is 37.7 Å². The number of amides is 1. The van der Waals surface area contributed by atoms with Crippen LogP contribution in [0.3, 0.4) is 0 Å². The number of carbonyl (C=O) groups is 2. The Bertz CT molecular complexity index is 906. The lowest BCUT2D eigenvalue weighted by atomic mass is 10.2. The molecule has 1 aliphatic heterocycles. The zero-order valence-electron chi connectivity index (χ0n) is 15.8. The van der Waals surface area contributed by atoms with Crippen molar-refractivity contribution in [1.29, 1.82) is 0 Å². The average molecular weight is 395 g/mol. The third kappa shape index (κ3) is 5.65. The molecular formula is C21H21N3O5. The van der Waals surface area contributed by atoms with Gasteiger partial charge in [0.2, 0.25) is 0 Å². The Kier molecular flexibility index (Phi) is 6.57. The first-order valence-electron chi connectivity index (χ1n) is 9.20. The molecule has 1 fully saturated rings. The quantitative estimate of drug-likeness (QED) is 0.323. The normalized spacial score (nSPS) is 14.1. The van der Waals surface area contributed by atoms with Crippen LogP contribution in [0.15, 0.2) is 60.7 Å². The maximum atomic E-state index is 12.3. The van der Waals surface area contributed by atoms with Gasteiger partial charge in [0.1, 0.15) is 0 Å². The number of para-hydroxylation sites is 1. The monoisotopic (exact) mass is 395 g/mol. The summed E-state index contributed by atoms with van der Waals surface area (Å²) in [6.45, 7) is 2.24. The van der Waals surface area contributed by atoms with Crippen LogP contribution in [0, 0.1) is 10.1 Å². The molecule has 150 valence electrons. The van der Waals surface area contributed by atoms with Gasteiger partial charge in [0, 0.05) is 50.1 Å². The number of esters is 1. The molecule has 0 atom stereocenters. The van der Waals surface area contributed by atoms with Gasteiger partial charge in [-0.15, -0.1) is 0 Å². The van der Waals surface area contributed by atoms with E-state index in [2.05, 4.69) is 4.90 Å². The molecule has 3 rings (SSSR count). The van der Waals surface area contributed by atoms with Crippen molar-refractivity contribution in [3.8, 4) is 0 Å². The summed E-state index contributed by atoms with van der Waals surface area (Å²) >= 11 is 0. The molecule has 0 aromatic heterocycles. The zero-order chi connectivity index (χ0) is 20.6. The van der Waals surface area contributed by atoms with Crippen molar-refractivity contribution in [3.05, 3.63) is 76.4 Å². The molecule has 0 N–H and O–H groups in total. The molecule has 8 heteroatoms. The van der Waals surface area contributed by atoms with Gasteiger partial charge in [0.25, 0.3) is 11.6 Å². The van der Waals surface area contributed by atoms with E-state index in [-0.39, 0.29) is 18.2 Å². The summed E-state index contributed by atoms with van der Waals surface area (Å²) in [5.41, 5.74) is 1.56. The lowest BCUT2D eigenvalue weighted by Crippen LogP contribution is -2.49. The third-order valence-electron chi connectivity index (χ3n) is 4.58. The molecule has 2 aromatic carbocycles. The van der Waals surface area contributed by atoms with Gasteiger partial charge in [-0.2, -0.15) is 0 Å². The van der Waals surface area contributed by atoms with Crippen molar-refractivity contribution >= 4 is 29.3 Å². The van der Waals surface area contributed by atoms with Crippen LogP contribution in [0.4, 0.5) is 11.4 Å². The van der Waals surface area contributed by atoms with Gasteiger partial charge < -0.3 is 14.5 Å². The van der Waals surface area contributed by atoms with Gasteiger partial charge in [-0.1, -0.05) is 30.3 Å². The Hall–Kier alpha value is -3.68. The first-order valence-corrected chi connectivity index (χ1v) is 9.20. The minimum Gasteiger partial charge on any atom is -0.452 e. The number of hydrogen-bond acceptors (Lipinski definition) is 6. The Morgan fingerprint density at radius 3 is 2.45 bits per heavy atom. The zero-order valence-corrected chi connectivity index (χ0v) is 15.8. The topological polar surface area (TPSA) is 93.0 Å². The Morgan fingerprint density at radius 1 is 1.03 bits per heavy atom. The lowest BCUT2D eigenvalue weighted by molar-refractivity contribution is -0.384. The number of benzene rings is 2. The van der Waals surface area contributed by atoms with Gasteiger partial charge in [-0.05, 0) is 23.8 Å². The SMILES string of the molecule is O=C(/C=C/c1cccc([N+](=O)[O-])c1)OCC(=O)N1CCN(c2ccccc2)CC1. The highest BCUT2D eigenvalue weighted by Gasteiger charge is 2.21. The first-order chi connectivity index (χ1) is 14.0. The van der Waals surface area contributed by atoms with Crippen molar-refractivity contribution in [3.63, 3.8) is 0 Å². The van der Waals surface area contributed by atoms with Crippen LogP contribution < -0.4 is 4.90 Å². The van der Waals surface area contributed by atoms with Gasteiger partial charge >= 0.3 is 5.97 Å². The first kappa shape index (κ1) is 20.1. The van der Waals surface area contributed by atoms with Crippen LogP contribution in [-0.4, -0.2) is 54.5 Å². The van der Waals surface area contributed by atoms with Crippen LogP contribution in [0.2, 0.25) is 0 Å². The largest absolute Gasteiger partial charge is 0.452 e. The molecule has 0 bridgehead atoms. The molecule has 0 spiro atoms. The molecule has 2 aromatic rings. The van der Waals surface area contributed by atoms with Crippen LogP contribution in [0.1, 0.15) is 5.56 Å². The highest BCUT2D eigenvalue weighted by Crippen LogP contribution is 2.16. The smallest absolute Gasteiger partial charge is 0.331 e. The number of non-ortho nitro benzene ring substituents is 1. The standard InChI is InChI=1S/C21H21N3O5/c25-20(23-13-11-22(12-14-23)18-6-2-1-3-7-18)16-29-21(26)10-9-17-5-4-8-19(15-17)24(27)28/h1-10,15H,11-14,16H2/b10-9+. The minimum absolute atomic E-state index is 0.0645. The van der Waals surface area contributed by atoms with Gasteiger partial charge in [-0.3, -0.25) is 14.9 Å². The fourth-order valence-corrected chi connectivity index (χ4v) is 3.03. The molecule has 1 heterocycles. The fraction of sp³-hybridized carbons (Fsp3) is 0.238. The summed E-state index contributed by atoms with van der Waals surface area (Å²) in [6.07, 6.45) is 2.57. The molecule has 0 aliphatic carbocycles. The van der Waals surface area contributed by atoms with E-state index in [1.807, 2.05) is 30.3 Å². The number of hydrogen-bond donors (Lipinski definition) is 0. The molecule has 8 nitrogen and oxygen atoms in total. The van der Waals surface area contributed by atoms with Crippen molar-refractivity contribution in [2.45, 2.75) is 0 Å². The number of piperazine rings is 1. The maximum absolute atomic E-state index is 12.3. The Morgan fingerprint density at radius 2 is 1.76 bits per heavy atom. The Labute approximate surface area is 168 Å². The van der Waals surface area contributed by atoms with Crippen molar-refractivity contribution in [2.24, 2.45) is 0 Å². The maximum Gasteiger partial charge on any atom is 0.331 e. The Balaban J connectivity index is 1.44. The van der Waals surface area contributed by atoms with Crippen LogP contribution in [0.5, 0.6) is 0 Å². The van der Waals surface area contributed by atoms with E-state index in [1.54, 1.807) is 11.0 Å². The van der Waals surface area contributed by atoms with Crippen molar-refractivity contribution in [1.82, 2.24) is 4.90 Å². The average Bonchev–Trinajstić information content (AvgIpc) is 2.77. The molecule has 1 amide bonds. The predicted octanol–water partition coefficient (Wildman–Crippen LogP) is 2.50. The van der Waals surface area contributed by atoms with Crippen LogP contribution in [0.25, 0.3) is 6.08 Å². The summed E-state index contributed by atoms with van der Waals surface area (Å²) < 4.78 is 5.00. The molecular weight excluding hydrogens is 374 g/mol. The van der Waals surface area contributed by atoms with E-state index in [4.69, 9.17) is 4.74 Å². The molecule has 0 radical (unpaired) electrons. The molecule has 29 heavy (non-hydrogen) atoms. The second-order valence-corrected chi connectivity index (χ2v) is 6.50. The summed E-state index contributed by atoms with van der Waals surface area (Å²) in [6, 6.07) is 15.9. The third-order valence-corrected chi connectivity index (χ3v) is 4.58. The number of carbonyl (C=O) groups excluding carboxylic acids is 2. The van der Waals surface area contributed by atoms with Crippen LogP contribution >= 0.6 is 0 Å². The van der Waals surface area contributed by atoms with E-state index in [9.17, 15) is 19.7 Å². The highest BCUT2D eigenvalue weighted by molar-refractivity contribution is 5.89. The fourth-order valence-electron chi connectivity index (χ4n) is 3.03. The number of ether oxygens (including phenoxy) is 1. The summed E-state index contributed by atoms with van der Waals surface area (Å²) in [4.78, 5) is 38.2. The van der Waals surface area contributed by atoms with E-state index in [0.717, 1.165) is 24.9 Å². The second-order valence-electron chi connectivity index (χ2n) is 6.50. The van der Waals surface area contributed by atoms with Crippen LogP contribution in [-0.2, 0) is 14.3 Å². The number of anilines is 1. The molecule has 0 saturated carbocycles. The molecule has 1 saturated heterocycles. The van der Waals surface area contributed by atoms with Gasteiger partial charge in [0.15, 0.2) is 6.61 Å². The number of nitrogens with zero attached hydrogens (tertiary/aromatic N) is 3. The van der Waals surface area contributed by atoms with E-state index in [1.165, 1.54) is 24.3 Å². The number of nitro groups is 1. The number of rotatable bonds is 6. The summed E-state index contributed by atoms with van der Waals surface area (Å²) in [5, 5.41) is 10.8. The molecule has 0 unspecified atom stereocenters. The number of nitro benzene ring substituents is 1. The minimum atomic E-state index is -0.673. The van der Waals surface area contributed by atoms with E-state index < -0.39 is 10.9 Å². The predicted molar refractivity (Wildman–Crippen MR) is 108 cm³/mol.